The quantitative estimate of drug-likeness (QED) is 0.884. The second kappa shape index (κ2) is 5.87. The van der Waals surface area contributed by atoms with Crippen LogP contribution in [0.25, 0.3) is 5.95 Å². The molecule has 0 aliphatic rings. The Morgan fingerprint density at radius 3 is 2.38 bits per heavy atom. The van der Waals surface area contributed by atoms with Gasteiger partial charge in [0.05, 0.1) is 0 Å². The van der Waals surface area contributed by atoms with Crippen molar-refractivity contribution in [2.75, 3.05) is 0 Å². The standard InChI is InChI=1S/C13H18F3N7O/c1-6(12(3,4)5)17-9(24)8-18-7(2)23(22-8)11-19-10(20-21-11)13(14,15)16/h6H,1-5H3,(H,17,24)(H,19,20,21). The summed E-state index contributed by atoms with van der Waals surface area (Å²) in [5.41, 5.74) is -0.168. The molecule has 11 heteroatoms. The van der Waals surface area contributed by atoms with E-state index in [9.17, 15) is 18.0 Å². The van der Waals surface area contributed by atoms with Crippen molar-refractivity contribution >= 4 is 5.91 Å². The maximum Gasteiger partial charge on any atom is 0.451 e. The van der Waals surface area contributed by atoms with E-state index in [0.29, 0.717) is 0 Å². The third kappa shape index (κ3) is 3.71. The molecule has 0 fully saturated rings. The SMILES string of the molecule is Cc1nc(C(=O)NC(C)C(C)(C)C)nn1-c1n[nH]c(C(F)(F)F)n1. The molecular formula is C13H18F3N7O. The molecule has 132 valence electrons. The predicted octanol–water partition coefficient (Wildman–Crippen LogP) is 1.88. The number of halogens is 3. The number of carbonyl (C=O) groups is 1. The monoisotopic (exact) mass is 345 g/mol. The van der Waals surface area contributed by atoms with E-state index in [4.69, 9.17) is 0 Å². The summed E-state index contributed by atoms with van der Waals surface area (Å²) >= 11 is 0. The van der Waals surface area contributed by atoms with Gasteiger partial charge in [0.1, 0.15) is 5.82 Å². The van der Waals surface area contributed by atoms with Crippen LogP contribution in [-0.2, 0) is 6.18 Å². The first-order valence-corrected chi connectivity index (χ1v) is 7.14. The lowest BCUT2D eigenvalue weighted by molar-refractivity contribution is -0.144. The van der Waals surface area contributed by atoms with Gasteiger partial charge >= 0.3 is 6.18 Å². The summed E-state index contributed by atoms with van der Waals surface area (Å²) < 4.78 is 38.7. The molecule has 0 spiro atoms. The lowest BCUT2D eigenvalue weighted by Gasteiger charge is -2.27. The van der Waals surface area contributed by atoms with Gasteiger partial charge in [-0.3, -0.25) is 9.89 Å². The van der Waals surface area contributed by atoms with Crippen LogP contribution in [0.2, 0.25) is 0 Å². The molecule has 8 nitrogen and oxygen atoms in total. The van der Waals surface area contributed by atoms with Gasteiger partial charge < -0.3 is 5.32 Å². The van der Waals surface area contributed by atoms with Crippen LogP contribution in [-0.4, -0.2) is 41.9 Å². The number of alkyl halides is 3. The van der Waals surface area contributed by atoms with Crippen LogP contribution in [0, 0.1) is 12.3 Å². The zero-order chi connectivity index (χ0) is 18.3. The first-order valence-electron chi connectivity index (χ1n) is 7.14. The molecule has 0 radical (unpaired) electrons. The van der Waals surface area contributed by atoms with Gasteiger partial charge in [-0.2, -0.15) is 22.8 Å². The summed E-state index contributed by atoms with van der Waals surface area (Å²) in [4.78, 5) is 19.5. The van der Waals surface area contributed by atoms with Crippen LogP contribution in [0.1, 0.15) is 50.0 Å². The first kappa shape index (κ1) is 17.9. The van der Waals surface area contributed by atoms with Crippen LogP contribution in [0.5, 0.6) is 0 Å². The topological polar surface area (TPSA) is 101 Å². The van der Waals surface area contributed by atoms with Crippen molar-refractivity contribution < 1.29 is 18.0 Å². The number of amides is 1. The number of nitrogens with zero attached hydrogens (tertiary/aromatic N) is 5. The third-order valence-electron chi connectivity index (χ3n) is 3.55. The lowest BCUT2D eigenvalue weighted by atomic mass is 9.88. The van der Waals surface area contributed by atoms with Gasteiger partial charge in [0.15, 0.2) is 0 Å². The number of hydrogen-bond acceptors (Lipinski definition) is 5. The molecule has 1 amide bonds. The van der Waals surface area contributed by atoms with E-state index in [1.54, 1.807) is 5.10 Å². The van der Waals surface area contributed by atoms with Crippen LogP contribution < -0.4 is 5.32 Å². The van der Waals surface area contributed by atoms with Crippen LogP contribution in [0.15, 0.2) is 0 Å². The Morgan fingerprint density at radius 2 is 1.88 bits per heavy atom. The van der Waals surface area contributed by atoms with E-state index >= 15 is 0 Å². The van der Waals surface area contributed by atoms with E-state index < -0.39 is 17.9 Å². The van der Waals surface area contributed by atoms with Crippen LogP contribution in [0.4, 0.5) is 13.2 Å². The Labute approximate surface area is 135 Å². The van der Waals surface area contributed by atoms with E-state index in [-0.39, 0.29) is 29.1 Å². The van der Waals surface area contributed by atoms with Gasteiger partial charge in [0, 0.05) is 6.04 Å². The van der Waals surface area contributed by atoms with Crippen molar-refractivity contribution in [3.05, 3.63) is 17.5 Å². The Kier molecular flexibility index (Phi) is 4.38. The molecule has 2 heterocycles. The summed E-state index contributed by atoms with van der Waals surface area (Å²) in [6.07, 6.45) is -4.65. The molecule has 2 aromatic heterocycles. The predicted molar refractivity (Wildman–Crippen MR) is 77.4 cm³/mol. The van der Waals surface area contributed by atoms with Crippen molar-refractivity contribution in [3.8, 4) is 5.95 Å². The number of aryl methyl sites for hydroxylation is 1. The van der Waals surface area contributed by atoms with Gasteiger partial charge in [-0.05, 0) is 19.3 Å². The summed E-state index contributed by atoms with van der Waals surface area (Å²) in [5, 5.41) is 11.9. The molecule has 2 rings (SSSR count). The van der Waals surface area contributed by atoms with Crippen molar-refractivity contribution in [1.29, 1.82) is 0 Å². The van der Waals surface area contributed by atoms with Crippen molar-refractivity contribution in [1.82, 2.24) is 35.3 Å². The number of nitrogens with one attached hydrogen (secondary N) is 2. The molecule has 0 saturated carbocycles. The van der Waals surface area contributed by atoms with Gasteiger partial charge in [0.25, 0.3) is 11.9 Å². The highest BCUT2D eigenvalue weighted by Crippen LogP contribution is 2.26. The van der Waals surface area contributed by atoms with Gasteiger partial charge in [-0.25, -0.2) is 4.98 Å². The van der Waals surface area contributed by atoms with Crippen molar-refractivity contribution in [2.24, 2.45) is 5.41 Å². The fourth-order valence-corrected chi connectivity index (χ4v) is 1.63. The summed E-state index contributed by atoms with van der Waals surface area (Å²) in [5.74, 6) is -2.08. The smallest absolute Gasteiger partial charge is 0.346 e. The highest BCUT2D eigenvalue weighted by molar-refractivity contribution is 5.90. The summed E-state index contributed by atoms with van der Waals surface area (Å²) in [7, 11) is 0. The zero-order valence-electron chi connectivity index (χ0n) is 13.9. The fraction of sp³-hybridized carbons (Fsp3) is 0.615. The minimum absolute atomic E-state index is 0.155. The Morgan fingerprint density at radius 1 is 1.25 bits per heavy atom. The largest absolute Gasteiger partial charge is 0.451 e. The Balaban J connectivity index is 2.24. The van der Waals surface area contributed by atoms with E-state index in [1.165, 1.54) is 6.92 Å². The number of aromatic nitrogens is 6. The minimum atomic E-state index is -4.65. The number of H-pyrrole nitrogens is 1. The highest BCUT2D eigenvalue weighted by Gasteiger charge is 2.36. The molecule has 2 N–H and O–H groups in total. The zero-order valence-corrected chi connectivity index (χ0v) is 13.9. The molecule has 0 bridgehead atoms. The number of carbonyl (C=O) groups excluding carboxylic acids is 1. The number of rotatable bonds is 3. The Bertz CT molecular complexity index is 742. The van der Waals surface area contributed by atoms with Crippen molar-refractivity contribution in [2.45, 2.75) is 46.8 Å². The highest BCUT2D eigenvalue weighted by atomic mass is 19.4. The molecule has 2 aromatic rings. The molecule has 0 saturated heterocycles. The van der Waals surface area contributed by atoms with Gasteiger partial charge in [0.2, 0.25) is 11.6 Å². The molecular weight excluding hydrogens is 327 g/mol. The second-order valence-corrected chi connectivity index (χ2v) is 6.44. The van der Waals surface area contributed by atoms with Gasteiger partial charge in [-0.1, -0.05) is 20.8 Å². The Hall–Kier alpha value is -2.46. The normalized spacial score (nSPS) is 13.8. The van der Waals surface area contributed by atoms with Crippen molar-refractivity contribution in [3.63, 3.8) is 0 Å². The summed E-state index contributed by atoms with van der Waals surface area (Å²) in [6, 6.07) is -0.155. The van der Waals surface area contributed by atoms with Gasteiger partial charge in [-0.15, -0.1) is 10.2 Å². The number of aromatic amines is 1. The average Bonchev–Trinajstić information content (AvgIpc) is 3.02. The second-order valence-electron chi connectivity index (χ2n) is 6.44. The van der Waals surface area contributed by atoms with Crippen LogP contribution in [0.3, 0.4) is 0 Å². The molecule has 0 aromatic carbocycles. The molecule has 1 atom stereocenters. The number of hydrogen-bond donors (Lipinski definition) is 2. The third-order valence-corrected chi connectivity index (χ3v) is 3.55. The van der Waals surface area contributed by atoms with E-state index in [1.807, 2.05) is 27.7 Å². The molecule has 0 aliphatic carbocycles. The van der Waals surface area contributed by atoms with E-state index in [0.717, 1.165) is 4.68 Å². The summed E-state index contributed by atoms with van der Waals surface area (Å²) in [6.45, 7) is 9.21. The van der Waals surface area contributed by atoms with Crippen LogP contribution >= 0.6 is 0 Å². The molecule has 1 unspecified atom stereocenters. The van der Waals surface area contributed by atoms with E-state index in [2.05, 4.69) is 25.5 Å². The molecule has 0 aliphatic heterocycles. The average molecular weight is 345 g/mol. The maximum atomic E-state index is 12.6. The maximum absolute atomic E-state index is 12.6. The first-order chi connectivity index (χ1) is 10.9. The fourth-order valence-electron chi connectivity index (χ4n) is 1.63. The minimum Gasteiger partial charge on any atom is -0.346 e. The molecule has 24 heavy (non-hydrogen) atoms. The lowest BCUT2D eigenvalue weighted by Crippen LogP contribution is -2.41.